The first-order valence-corrected chi connectivity index (χ1v) is 15.2. The molecule has 0 saturated carbocycles. The predicted octanol–water partition coefficient (Wildman–Crippen LogP) is 4.79. The third-order valence-corrected chi connectivity index (χ3v) is 7.86. The molecule has 39 heavy (non-hydrogen) atoms. The monoisotopic (exact) mass is 549 g/mol. The van der Waals surface area contributed by atoms with E-state index in [0.717, 1.165) is 17.5 Å². The van der Waals surface area contributed by atoms with E-state index in [1.807, 2.05) is 80.6 Å². The first-order chi connectivity index (χ1) is 18.7. The summed E-state index contributed by atoms with van der Waals surface area (Å²) in [5.41, 5.74) is 2.44. The number of anilines is 1. The van der Waals surface area contributed by atoms with Gasteiger partial charge in [0.05, 0.1) is 11.9 Å². The minimum absolute atomic E-state index is 0.0290. The molecule has 0 unspecified atom stereocenters. The summed E-state index contributed by atoms with van der Waals surface area (Å²) in [6.07, 6.45) is 2.74. The number of amides is 2. The van der Waals surface area contributed by atoms with Gasteiger partial charge >= 0.3 is 0 Å². The first kappa shape index (κ1) is 29.9. The Kier molecular flexibility index (Phi) is 11.1. The van der Waals surface area contributed by atoms with Gasteiger partial charge in [-0.1, -0.05) is 85.8 Å². The van der Waals surface area contributed by atoms with Gasteiger partial charge in [0, 0.05) is 32.0 Å². The Hall–Kier alpha value is -3.65. The Morgan fingerprint density at radius 1 is 0.846 bits per heavy atom. The van der Waals surface area contributed by atoms with Crippen molar-refractivity contribution in [3.63, 3.8) is 0 Å². The van der Waals surface area contributed by atoms with E-state index in [1.165, 1.54) is 10.6 Å². The molecule has 0 aliphatic rings. The van der Waals surface area contributed by atoms with Crippen LogP contribution in [0, 0.1) is 0 Å². The van der Waals surface area contributed by atoms with E-state index in [-0.39, 0.29) is 37.4 Å². The molecule has 3 aromatic rings. The molecule has 0 aliphatic heterocycles. The average molecular weight is 550 g/mol. The molecule has 0 heterocycles. The number of nitrogens with zero attached hydrogens (tertiary/aromatic N) is 2. The highest BCUT2D eigenvalue weighted by molar-refractivity contribution is 7.92. The lowest BCUT2D eigenvalue weighted by atomic mass is 10.0. The van der Waals surface area contributed by atoms with Crippen molar-refractivity contribution in [3.8, 4) is 0 Å². The van der Waals surface area contributed by atoms with Crippen molar-refractivity contribution in [1.82, 2.24) is 10.2 Å². The van der Waals surface area contributed by atoms with E-state index in [0.29, 0.717) is 18.5 Å². The number of sulfonamides is 1. The van der Waals surface area contributed by atoms with E-state index in [9.17, 15) is 18.0 Å². The lowest BCUT2D eigenvalue weighted by Gasteiger charge is -2.32. The van der Waals surface area contributed by atoms with Crippen molar-refractivity contribution < 1.29 is 18.0 Å². The van der Waals surface area contributed by atoms with E-state index in [4.69, 9.17) is 0 Å². The van der Waals surface area contributed by atoms with Gasteiger partial charge in [0.2, 0.25) is 21.8 Å². The molecule has 3 aromatic carbocycles. The summed E-state index contributed by atoms with van der Waals surface area (Å²) in [7, 11) is -3.53. The summed E-state index contributed by atoms with van der Waals surface area (Å²) >= 11 is 0. The molecule has 2 atom stereocenters. The number of rotatable bonds is 14. The number of carbonyl (C=O) groups excluding carboxylic acids is 2. The van der Waals surface area contributed by atoms with Crippen LogP contribution in [0.1, 0.15) is 44.2 Å². The van der Waals surface area contributed by atoms with Gasteiger partial charge in [-0.05, 0) is 43.0 Å². The zero-order valence-electron chi connectivity index (χ0n) is 23.0. The van der Waals surface area contributed by atoms with Crippen molar-refractivity contribution in [1.29, 1.82) is 0 Å². The maximum Gasteiger partial charge on any atom is 0.243 e. The molecular weight excluding hydrogens is 510 g/mol. The first-order valence-electron chi connectivity index (χ1n) is 13.4. The van der Waals surface area contributed by atoms with Crippen LogP contribution in [0.3, 0.4) is 0 Å². The van der Waals surface area contributed by atoms with Gasteiger partial charge in [-0.3, -0.25) is 13.9 Å². The summed E-state index contributed by atoms with van der Waals surface area (Å²) < 4.78 is 26.3. The number of carbonyl (C=O) groups is 2. The Bertz CT molecular complexity index is 1290. The zero-order valence-corrected chi connectivity index (χ0v) is 23.8. The number of hydrogen-bond donors (Lipinski definition) is 1. The van der Waals surface area contributed by atoms with Crippen molar-refractivity contribution in [3.05, 3.63) is 102 Å². The maximum absolute atomic E-state index is 13.8. The molecule has 2 amide bonds. The van der Waals surface area contributed by atoms with Crippen LogP contribution in [-0.4, -0.2) is 50.0 Å². The van der Waals surface area contributed by atoms with E-state index < -0.39 is 16.1 Å². The number of nitrogens with one attached hydrogen (secondary N) is 1. The average Bonchev–Trinajstić information content (AvgIpc) is 2.93. The Morgan fingerprint density at radius 2 is 1.38 bits per heavy atom. The summed E-state index contributed by atoms with van der Waals surface area (Å²) in [4.78, 5) is 29.0. The lowest BCUT2D eigenvalue weighted by molar-refractivity contribution is -0.141. The van der Waals surface area contributed by atoms with Crippen LogP contribution in [0.15, 0.2) is 91.0 Å². The molecule has 0 fully saturated rings. The Morgan fingerprint density at radius 3 is 1.92 bits per heavy atom. The van der Waals surface area contributed by atoms with Crippen LogP contribution >= 0.6 is 0 Å². The molecule has 0 aliphatic carbocycles. The van der Waals surface area contributed by atoms with Gasteiger partial charge in [-0.25, -0.2) is 8.42 Å². The predicted molar refractivity (Wildman–Crippen MR) is 157 cm³/mol. The minimum Gasteiger partial charge on any atom is -0.352 e. The van der Waals surface area contributed by atoms with Gasteiger partial charge in [-0.15, -0.1) is 0 Å². The van der Waals surface area contributed by atoms with Gasteiger partial charge in [-0.2, -0.15) is 0 Å². The molecule has 7 nitrogen and oxygen atoms in total. The third-order valence-electron chi connectivity index (χ3n) is 6.66. The van der Waals surface area contributed by atoms with Crippen LogP contribution in [0.4, 0.5) is 5.69 Å². The highest BCUT2D eigenvalue weighted by Crippen LogP contribution is 2.20. The smallest absolute Gasteiger partial charge is 0.243 e. The maximum atomic E-state index is 13.8. The molecular formula is C31H39N3O4S. The minimum atomic E-state index is -3.53. The highest BCUT2D eigenvalue weighted by atomic mass is 32.2. The standard InChI is InChI=1S/C31H39N3O4S/c1-4-25(2)32-31(36)29(23-26-15-8-5-9-16-26)33(24-27-17-10-6-11-18-27)30(35)21-14-22-34(39(3,37)38)28-19-12-7-13-20-28/h5-13,15-20,25,29H,4,14,21-24H2,1-3H3,(H,32,36)/t25-,29+/m0/s1. The van der Waals surface area contributed by atoms with Crippen LogP contribution in [-0.2, 0) is 32.6 Å². The van der Waals surface area contributed by atoms with Crippen molar-refractivity contribution in [2.24, 2.45) is 0 Å². The summed E-state index contributed by atoms with van der Waals surface area (Å²) in [5.74, 6) is -0.389. The molecule has 208 valence electrons. The second-order valence-corrected chi connectivity index (χ2v) is 11.7. The quantitative estimate of drug-likeness (QED) is 0.313. The lowest BCUT2D eigenvalue weighted by Crippen LogP contribution is -2.52. The summed E-state index contributed by atoms with van der Waals surface area (Å²) in [5, 5.41) is 3.07. The normalized spacial score (nSPS) is 12.8. The molecule has 0 spiro atoms. The second kappa shape index (κ2) is 14.5. The SMILES string of the molecule is CC[C@H](C)NC(=O)[C@@H](Cc1ccccc1)N(Cc1ccccc1)C(=O)CCCN(c1ccccc1)S(C)(=O)=O. The van der Waals surface area contributed by atoms with Gasteiger partial charge in [0.15, 0.2) is 0 Å². The molecule has 8 heteroatoms. The second-order valence-electron chi connectivity index (χ2n) is 9.80. The summed E-state index contributed by atoms with van der Waals surface area (Å²) in [6, 6.07) is 27.4. The third kappa shape index (κ3) is 9.25. The fourth-order valence-electron chi connectivity index (χ4n) is 4.37. The van der Waals surface area contributed by atoms with Crippen LogP contribution < -0.4 is 9.62 Å². The zero-order chi connectivity index (χ0) is 28.3. The Labute approximate surface area is 232 Å². The molecule has 1 N–H and O–H groups in total. The topological polar surface area (TPSA) is 86.8 Å². The molecule has 0 bridgehead atoms. The van der Waals surface area contributed by atoms with Crippen LogP contribution in [0.25, 0.3) is 0 Å². The molecule has 3 rings (SSSR count). The van der Waals surface area contributed by atoms with Gasteiger partial charge < -0.3 is 10.2 Å². The Balaban J connectivity index is 1.86. The van der Waals surface area contributed by atoms with Gasteiger partial charge in [0.25, 0.3) is 0 Å². The fraction of sp³-hybridized carbons (Fsp3) is 0.355. The number of benzene rings is 3. The van der Waals surface area contributed by atoms with E-state index >= 15 is 0 Å². The number of para-hydroxylation sites is 1. The van der Waals surface area contributed by atoms with Crippen LogP contribution in [0.5, 0.6) is 0 Å². The molecule has 0 aromatic heterocycles. The van der Waals surface area contributed by atoms with E-state index in [2.05, 4.69) is 5.32 Å². The highest BCUT2D eigenvalue weighted by Gasteiger charge is 2.31. The summed E-state index contributed by atoms with van der Waals surface area (Å²) in [6.45, 7) is 4.39. The fourth-order valence-corrected chi connectivity index (χ4v) is 5.34. The molecule has 0 saturated heterocycles. The molecule has 0 radical (unpaired) electrons. The van der Waals surface area contributed by atoms with Gasteiger partial charge in [0.1, 0.15) is 6.04 Å². The van der Waals surface area contributed by atoms with E-state index in [1.54, 1.807) is 29.2 Å². The number of hydrogen-bond acceptors (Lipinski definition) is 4. The van der Waals surface area contributed by atoms with Crippen LogP contribution in [0.2, 0.25) is 0 Å². The van der Waals surface area contributed by atoms with Crippen molar-refractivity contribution >= 4 is 27.5 Å². The van der Waals surface area contributed by atoms with Crippen molar-refractivity contribution in [2.45, 2.75) is 58.2 Å². The van der Waals surface area contributed by atoms with Crippen molar-refractivity contribution in [2.75, 3.05) is 17.1 Å². The largest absolute Gasteiger partial charge is 0.352 e.